The molecule has 0 spiro atoms. The van der Waals surface area contributed by atoms with E-state index in [9.17, 15) is 22.0 Å². The van der Waals surface area contributed by atoms with Gasteiger partial charge < -0.3 is 4.74 Å². The molecule has 0 fully saturated rings. The number of carbonyl (C=O) groups excluding carboxylic acids is 1. The number of esters is 1. The fourth-order valence-electron chi connectivity index (χ4n) is 0.320. The topological polar surface area (TPSA) is 80.7 Å². The Kier molecular flexibility index (Phi) is 6.28. The molecule has 0 bridgehead atoms. The molecule has 73 valence electrons. The second-order valence-electron chi connectivity index (χ2n) is 1.71. The summed E-state index contributed by atoms with van der Waals surface area (Å²) in [6, 6.07) is 0. The maximum absolute atomic E-state index is 12.2. The first-order chi connectivity index (χ1) is 5.23. The van der Waals surface area contributed by atoms with Gasteiger partial charge in [-0.1, -0.05) is 0 Å². The van der Waals surface area contributed by atoms with Gasteiger partial charge in [0.15, 0.2) is 0 Å². The minimum Gasteiger partial charge on any atom is -0.461 e. The Balaban J connectivity index is 0. The molecule has 0 rings (SSSR count). The van der Waals surface area contributed by atoms with Crippen molar-refractivity contribution < 1.29 is 31.3 Å². The standard InChI is InChI=1S/C4H6F2O5S.Na/c1-2-11-3(7)4(5,6)12(8,9)10;/h2H2,1H3,(H,8,9,10);. The van der Waals surface area contributed by atoms with E-state index >= 15 is 0 Å². The molecule has 0 atom stereocenters. The number of rotatable bonds is 3. The van der Waals surface area contributed by atoms with E-state index in [0.29, 0.717) is 0 Å². The normalized spacial score (nSPS) is 11.7. The van der Waals surface area contributed by atoms with Crippen LogP contribution in [-0.4, -0.2) is 60.4 Å². The van der Waals surface area contributed by atoms with Gasteiger partial charge in [0.1, 0.15) is 0 Å². The van der Waals surface area contributed by atoms with Gasteiger partial charge in [-0.2, -0.15) is 17.2 Å². The van der Waals surface area contributed by atoms with E-state index in [4.69, 9.17) is 4.55 Å². The molecule has 0 aromatic carbocycles. The zero-order valence-corrected chi connectivity index (χ0v) is 9.77. The Morgan fingerprint density at radius 2 is 1.92 bits per heavy atom. The van der Waals surface area contributed by atoms with E-state index in [0.717, 1.165) is 0 Å². The predicted molar refractivity (Wildman–Crippen MR) is 38.9 cm³/mol. The summed E-state index contributed by atoms with van der Waals surface area (Å²) in [4.78, 5) is 10.2. The number of halogens is 2. The summed E-state index contributed by atoms with van der Waals surface area (Å²) in [5, 5.41) is -4.89. The number of carbonyl (C=O) groups is 1. The molecule has 0 aliphatic heterocycles. The summed E-state index contributed by atoms with van der Waals surface area (Å²) in [5.41, 5.74) is 0. The van der Waals surface area contributed by atoms with Crippen LogP contribution < -0.4 is 0 Å². The molecule has 13 heavy (non-hydrogen) atoms. The van der Waals surface area contributed by atoms with Crippen molar-refractivity contribution in [1.82, 2.24) is 0 Å². The van der Waals surface area contributed by atoms with Crippen molar-refractivity contribution in [3.05, 3.63) is 0 Å². The van der Waals surface area contributed by atoms with Crippen molar-refractivity contribution in [2.75, 3.05) is 6.61 Å². The number of alkyl halides is 2. The average molecular weight is 227 g/mol. The molecule has 0 aromatic heterocycles. The van der Waals surface area contributed by atoms with Gasteiger partial charge in [0.05, 0.1) is 6.61 Å². The summed E-state index contributed by atoms with van der Waals surface area (Å²) in [7, 11) is -5.73. The van der Waals surface area contributed by atoms with Gasteiger partial charge >= 0.3 is 21.3 Å². The van der Waals surface area contributed by atoms with E-state index in [-0.39, 0.29) is 29.6 Å². The average Bonchev–Trinajstić information content (AvgIpc) is 1.85. The van der Waals surface area contributed by atoms with Crippen molar-refractivity contribution in [2.24, 2.45) is 0 Å². The monoisotopic (exact) mass is 227 g/mol. The van der Waals surface area contributed by atoms with E-state index in [1.54, 1.807) is 0 Å². The van der Waals surface area contributed by atoms with Crippen LogP contribution >= 0.6 is 0 Å². The van der Waals surface area contributed by atoms with Crippen LogP contribution in [0.4, 0.5) is 8.78 Å². The summed E-state index contributed by atoms with van der Waals surface area (Å²) in [5.74, 6) is -2.28. The fraction of sp³-hybridized carbons (Fsp3) is 0.750. The molecule has 1 N–H and O–H groups in total. The summed E-state index contributed by atoms with van der Waals surface area (Å²) in [6.07, 6.45) is 0. The Morgan fingerprint density at radius 3 is 2.15 bits per heavy atom. The van der Waals surface area contributed by atoms with Crippen LogP contribution in [0.2, 0.25) is 0 Å². The van der Waals surface area contributed by atoms with Gasteiger partial charge in [0, 0.05) is 29.6 Å². The first-order valence-corrected chi connectivity index (χ1v) is 4.19. The Hall–Kier alpha value is 0.240. The zero-order valence-electron chi connectivity index (χ0n) is 6.95. The maximum atomic E-state index is 12.2. The van der Waals surface area contributed by atoms with Crippen molar-refractivity contribution >= 4 is 45.6 Å². The van der Waals surface area contributed by atoms with Crippen molar-refractivity contribution in [3.63, 3.8) is 0 Å². The van der Waals surface area contributed by atoms with Crippen molar-refractivity contribution in [3.8, 4) is 0 Å². The van der Waals surface area contributed by atoms with Gasteiger partial charge in [0.2, 0.25) is 0 Å². The molecular weight excluding hydrogens is 221 g/mol. The minimum atomic E-state index is -5.73. The Labute approximate surface area is 95.5 Å². The smallest absolute Gasteiger partial charge is 0.461 e. The third-order valence-electron chi connectivity index (χ3n) is 0.837. The van der Waals surface area contributed by atoms with Gasteiger partial charge in [-0.05, 0) is 6.92 Å². The summed E-state index contributed by atoms with van der Waals surface area (Å²) in [6.45, 7) is 0.821. The van der Waals surface area contributed by atoms with E-state index in [2.05, 4.69) is 4.74 Å². The van der Waals surface area contributed by atoms with Crippen molar-refractivity contribution in [2.45, 2.75) is 12.2 Å². The second kappa shape index (κ2) is 5.20. The van der Waals surface area contributed by atoms with E-state index in [1.165, 1.54) is 6.92 Å². The van der Waals surface area contributed by atoms with Gasteiger partial charge in [-0.3, -0.25) is 4.55 Å². The molecule has 5 nitrogen and oxygen atoms in total. The molecule has 1 radical (unpaired) electrons. The second-order valence-corrected chi connectivity index (χ2v) is 3.18. The van der Waals surface area contributed by atoms with Gasteiger partial charge in [0.25, 0.3) is 0 Å². The fourth-order valence-corrected chi connectivity index (χ4v) is 0.590. The molecular formula is C4H6F2NaO5S. The summed E-state index contributed by atoms with van der Waals surface area (Å²) >= 11 is 0. The Bertz CT molecular complexity index is 274. The number of ether oxygens (including phenoxy) is 1. The SMILES string of the molecule is CCOC(=O)C(F)(F)S(=O)(=O)O.[Na]. The largest absolute Gasteiger partial charge is 0.465 e. The summed E-state index contributed by atoms with van der Waals surface area (Å²) < 4.78 is 55.7. The van der Waals surface area contributed by atoms with E-state index < -0.39 is 27.9 Å². The first-order valence-electron chi connectivity index (χ1n) is 2.75. The van der Waals surface area contributed by atoms with E-state index in [1.807, 2.05) is 0 Å². The molecule has 0 heterocycles. The van der Waals surface area contributed by atoms with Crippen LogP contribution in [0.15, 0.2) is 0 Å². The maximum Gasteiger partial charge on any atom is 0.465 e. The molecule has 0 amide bonds. The molecule has 0 unspecified atom stereocenters. The third kappa shape index (κ3) is 3.86. The van der Waals surface area contributed by atoms with Crippen LogP contribution in [0, 0.1) is 0 Å². The van der Waals surface area contributed by atoms with Gasteiger partial charge in [-0.15, -0.1) is 0 Å². The molecule has 0 saturated carbocycles. The molecule has 0 saturated heterocycles. The molecule has 0 aliphatic carbocycles. The van der Waals surface area contributed by atoms with Crippen LogP contribution in [0.1, 0.15) is 6.92 Å². The molecule has 0 aromatic rings. The van der Waals surface area contributed by atoms with Crippen LogP contribution in [0.3, 0.4) is 0 Å². The van der Waals surface area contributed by atoms with Gasteiger partial charge in [-0.25, -0.2) is 4.79 Å². The number of hydrogen-bond donors (Lipinski definition) is 1. The van der Waals surface area contributed by atoms with Crippen LogP contribution in [0.5, 0.6) is 0 Å². The number of hydrogen-bond acceptors (Lipinski definition) is 4. The van der Waals surface area contributed by atoms with Crippen molar-refractivity contribution in [1.29, 1.82) is 0 Å². The predicted octanol–water partition coefficient (Wildman–Crippen LogP) is -0.351. The van der Waals surface area contributed by atoms with Crippen LogP contribution in [0.25, 0.3) is 0 Å². The Morgan fingerprint density at radius 1 is 1.54 bits per heavy atom. The quantitative estimate of drug-likeness (QED) is 0.405. The third-order valence-corrected chi connectivity index (χ3v) is 1.65. The minimum absolute atomic E-state index is 0. The zero-order chi connectivity index (χ0) is 9.99. The molecule has 9 heteroatoms. The van der Waals surface area contributed by atoms with Crippen LogP contribution in [-0.2, 0) is 19.6 Å². The molecule has 0 aliphatic rings. The first kappa shape index (κ1) is 15.7.